The van der Waals surface area contributed by atoms with Gasteiger partial charge in [-0.15, -0.1) is 0 Å². The van der Waals surface area contributed by atoms with Gasteiger partial charge in [-0.1, -0.05) is 6.92 Å². The van der Waals surface area contributed by atoms with Crippen LogP contribution in [-0.4, -0.2) is 48.9 Å². The highest BCUT2D eigenvalue weighted by Gasteiger charge is 2.42. The number of rotatable bonds is 0. The first kappa shape index (κ1) is 11.2. The van der Waals surface area contributed by atoms with Gasteiger partial charge in [0.15, 0.2) is 0 Å². The Morgan fingerprint density at radius 1 is 1.50 bits per heavy atom. The predicted molar refractivity (Wildman–Crippen MR) is 49.4 cm³/mol. The van der Waals surface area contributed by atoms with Gasteiger partial charge in [-0.3, -0.25) is 0 Å². The topological polar surface area (TPSA) is 23.6 Å². The van der Waals surface area contributed by atoms with E-state index in [1.165, 1.54) is 16.7 Å². The van der Waals surface area contributed by atoms with Gasteiger partial charge in [0.1, 0.15) is 0 Å². The van der Waals surface area contributed by atoms with Gasteiger partial charge in [-0.05, 0) is 0 Å². The largest absolute Gasteiger partial charge is 0.331 e. The molecule has 1 atom stereocenters. The minimum atomic E-state index is -2.62. The summed E-state index contributed by atoms with van der Waals surface area (Å²) in [6.45, 7) is 1.77. The number of hydrogen-bond donors (Lipinski definition) is 0. The van der Waals surface area contributed by atoms with E-state index in [9.17, 15) is 13.6 Å². The van der Waals surface area contributed by atoms with E-state index in [4.69, 9.17) is 0 Å². The molecule has 0 aromatic carbocycles. The highest BCUT2D eigenvalue weighted by atomic mass is 19.3. The lowest BCUT2D eigenvalue weighted by molar-refractivity contribution is -0.0919. The highest BCUT2D eigenvalue weighted by Crippen LogP contribution is 2.33. The number of carbonyl (C=O) groups excluding carboxylic acids is 1. The number of piperidine rings is 1. The summed E-state index contributed by atoms with van der Waals surface area (Å²) in [5.74, 6) is -3.37. The van der Waals surface area contributed by atoms with Crippen molar-refractivity contribution in [3.05, 3.63) is 0 Å². The smallest absolute Gasteiger partial charge is 0.319 e. The van der Waals surface area contributed by atoms with E-state index in [-0.39, 0.29) is 25.5 Å². The summed E-state index contributed by atoms with van der Waals surface area (Å²) in [4.78, 5) is 14.3. The number of likely N-dealkylation sites (tertiary alicyclic amines) is 1. The van der Waals surface area contributed by atoms with Crippen LogP contribution >= 0.6 is 0 Å². The number of halogens is 2. The van der Waals surface area contributed by atoms with Gasteiger partial charge in [-0.25, -0.2) is 13.6 Å². The van der Waals surface area contributed by atoms with Gasteiger partial charge in [0.25, 0.3) is 5.92 Å². The molecule has 1 saturated heterocycles. The van der Waals surface area contributed by atoms with E-state index in [1.807, 2.05) is 0 Å². The average Bonchev–Trinajstić information content (AvgIpc) is 2.08. The van der Waals surface area contributed by atoms with Crippen LogP contribution in [0, 0.1) is 5.92 Å². The molecule has 0 saturated carbocycles. The Kier molecular flexibility index (Phi) is 2.97. The molecule has 3 nitrogen and oxygen atoms in total. The molecule has 0 aromatic rings. The minimum absolute atomic E-state index is 0.143. The average molecular weight is 206 g/mol. The molecule has 5 heteroatoms. The monoisotopic (exact) mass is 206 g/mol. The molecule has 1 fully saturated rings. The van der Waals surface area contributed by atoms with E-state index in [1.54, 1.807) is 14.1 Å². The van der Waals surface area contributed by atoms with Crippen LogP contribution in [0.25, 0.3) is 0 Å². The zero-order valence-corrected chi connectivity index (χ0v) is 8.76. The van der Waals surface area contributed by atoms with Gasteiger partial charge in [0.2, 0.25) is 0 Å². The van der Waals surface area contributed by atoms with Crippen molar-refractivity contribution < 1.29 is 13.6 Å². The fraction of sp³-hybridized carbons (Fsp3) is 0.889. The lowest BCUT2D eigenvalue weighted by Crippen LogP contribution is -2.50. The second-order valence-corrected chi connectivity index (χ2v) is 4.04. The van der Waals surface area contributed by atoms with E-state index in [0.29, 0.717) is 0 Å². The third-order valence-corrected chi connectivity index (χ3v) is 2.58. The molecule has 0 bridgehead atoms. The summed E-state index contributed by atoms with van der Waals surface area (Å²) in [5.41, 5.74) is 0. The summed E-state index contributed by atoms with van der Waals surface area (Å²) in [7, 11) is 3.25. The maximum Gasteiger partial charge on any atom is 0.319 e. The molecule has 1 heterocycles. The van der Waals surface area contributed by atoms with Gasteiger partial charge in [0.05, 0.1) is 0 Å². The number of urea groups is 1. The Bertz CT molecular complexity index is 231. The molecule has 2 amide bonds. The lowest BCUT2D eigenvalue weighted by atomic mass is 9.96. The Hall–Kier alpha value is -0.870. The van der Waals surface area contributed by atoms with Crippen LogP contribution in [-0.2, 0) is 0 Å². The second kappa shape index (κ2) is 3.71. The molecule has 0 aliphatic carbocycles. The molecule has 1 aliphatic heterocycles. The van der Waals surface area contributed by atoms with Crippen LogP contribution in [0.1, 0.15) is 13.3 Å². The quantitative estimate of drug-likeness (QED) is 0.591. The molecular formula is C9H16F2N2O. The van der Waals surface area contributed by atoms with Crippen LogP contribution < -0.4 is 0 Å². The standard InChI is InChI=1S/C9H16F2N2O/c1-7-6-13(8(14)12(2)3)5-4-9(7,10)11/h7H,4-6H2,1-3H3/t7-/m0/s1. The summed E-state index contributed by atoms with van der Waals surface area (Å²) >= 11 is 0. The van der Waals surface area contributed by atoms with Crippen molar-refractivity contribution in [2.75, 3.05) is 27.2 Å². The van der Waals surface area contributed by atoms with Crippen molar-refractivity contribution in [1.29, 1.82) is 0 Å². The van der Waals surface area contributed by atoms with Crippen LogP contribution in [0.2, 0.25) is 0 Å². The van der Waals surface area contributed by atoms with E-state index < -0.39 is 11.8 Å². The fourth-order valence-corrected chi connectivity index (χ4v) is 1.54. The summed E-state index contributed by atoms with van der Waals surface area (Å²) in [5, 5.41) is 0. The van der Waals surface area contributed by atoms with Crippen molar-refractivity contribution in [3.63, 3.8) is 0 Å². The number of hydrogen-bond acceptors (Lipinski definition) is 1. The van der Waals surface area contributed by atoms with Crippen LogP contribution in [0.3, 0.4) is 0 Å². The molecule has 0 spiro atoms. The zero-order valence-electron chi connectivity index (χ0n) is 8.76. The molecule has 0 aromatic heterocycles. The molecule has 1 aliphatic rings. The maximum atomic E-state index is 13.1. The van der Waals surface area contributed by atoms with Gasteiger partial charge < -0.3 is 9.80 Å². The first-order valence-electron chi connectivity index (χ1n) is 4.68. The third kappa shape index (κ3) is 2.13. The van der Waals surface area contributed by atoms with Gasteiger partial charge in [0, 0.05) is 39.5 Å². The lowest BCUT2D eigenvalue weighted by Gasteiger charge is -2.37. The van der Waals surface area contributed by atoms with E-state index >= 15 is 0 Å². The number of alkyl halides is 2. The van der Waals surface area contributed by atoms with Crippen LogP contribution in [0.15, 0.2) is 0 Å². The van der Waals surface area contributed by atoms with Crippen molar-refractivity contribution in [2.24, 2.45) is 5.92 Å². The van der Waals surface area contributed by atoms with Gasteiger partial charge in [-0.2, -0.15) is 0 Å². The summed E-state index contributed by atoms with van der Waals surface area (Å²) in [6.07, 6.45) is -0.228. The number of nitrogens with zero attached hydrogens (tertiary/aromatic N) is 2. The van der Waals surface area contributed by atoms with Crippen LogP contribution in [0.5, 0.6) is 0 Å². The first-order chi connectivity index (χ1) is 6.34. The molecule has 0 radical (unpaired) electrons. The fourth-order valence-electron chi connectivity index (χ4n) is 1.54. The van der Waals surface area contributed by atoms with E-state index in [0.717, 1.165) is 0 Å². The molecule has 1 rings (SSSR count). The van der Waals surface area contributed by atoms with Crippen molar-refractivity contribution in [2.45, 2.75) is 19.3 Å². The third-order valence-electron chi connectivity index (χ3n) is 2.58. The number of carbonyl (C=O) groups is 1. The van der Waals surface area contributed by atoms with Crippen molar-refractivity contribution in [1.82, 2.24) is 9.80 Å². The van der Waals surface area contributed by atoms with Gasteiger partial charge >= 0.3 is 6.03 Å². The summed E-state index contributed by atoms with van der Waals surface area (Å²) in [6, 6.07) is -0.188. The Morgan fingerprint density at radius 3 is 2.50 bits per heavy atom. The molecule has 82 valence electrons. The predicted octanol–water partition coefficient (Wildman–Crippen LogP) is 1.65. The Morgan fingerprint density at radius 2 is 2.07 bits per heavy atom. The zero-order chi connectivity index (χ0) is 10.9. The normalized spacial score (nSPS) is 26.1. The van der Waals surface area contributed by atoms with Crippen LogP contribution in [0.4, 0.5) is 13.6 Å². The minimum Gasteiger partial charge on any atom is -0.331 e. The van der Waals surface area contributed by atoms with Crippen molar-refractivity contribution >= 4 is 6.03 Å². The van der Waals surface area contributed by atoms with Crippen molar-refractivity contribution in [3.8, 4) is 0 Å². The molecule has 14 heavy (non-hydrogen) atoms. The SMILES string of the molecule is C[C@H]1CN(C(=O)N(C)C)CCC1(F)F. The molecular weight excluding hydrogens is 190 g/mol. The molecule has 0 N–H and O–H groups in total. The highest BCUT2D eigenvalue weighted by molar-refractivity contribution is 5.73. The maximum absolute atomic E-state index is 13.1. The summed E-state index contributed by atoms with van der Waals surface area (Å²) < 4.78 is 26.2. The second-order valence-electron chi connectivity index (χ2n) is 4.04. The Labute approximate surface area is 82.7 Å². The van der Waals surface area contributed by atoms with E-state index in [2.05, 4.69) is 0 Å². The number of amides is 2. The Balaban J connectivity index is 2.59. The molecule has 0 unspecified atom stereocenters. The first-order valence-corrected chi connectivity index (χ1v) is 4.68.